The van der Waals surface area contributed by atoms with Gasteiger partial charge in [0.25, 0.3) is 0 Å². The molecule has 102 valence electrons. The summed E-state index contributed by atoms with van der Waals surface area (Å²) in [6.07, 6.45) is 3.43. The predicted octanol–water partition coefficient (Wildman–Crippen LogP) is -0.850. The molecule has 3 N–H and O–H groups in total. The minimum Gasteiger partial charge on any atom is -0.376 e. The number of hydrogen-bond acceptors (Lipinski definition) is 4. The number of rotatable bonds is 5. The maximum atomic E-state index is 11.7. The molecule has 0 bridgehead atoms. The van der Waals surface area contributed by atoms with Gasteiger partial charge in [0.15, 0.2) is 0 Å². The van der Waals surface area contributed by atoms with Crippen LogP contribution < -0.4 is 16.0 Å². The van der Waals surface area contributed by atoms with Gasteiger partial charge in [-0.3, -0.25) is 9.59 Å². The van der Waals surface area contributed by atoms with E-state index in [-0.39, 0.29) is 17.9 Å². The minimum atomic E-state index is -0.351. The van der Waals surface area contributed by atoms with E-state index in [1.807, 2.05) is 0 Å². The Balaban J connectivity index is 1.54. The zero-order valence-electron chi connectivity index (χ0n) is 10.5. The Hall–Kier alpha value is -1.14. The Bertz CT molecular complexity index is 303. The third-order valence-corrected chi connectivity index (χ3v) is 3.35. The molecule has 0 saturated carbocycles. The van der Waals surface area contributed by atoms with Crippen LogP contribution in [0.25, 0.3) is 0 Å². The average Bonchev–Trinajstić information content (AvgIpc) is 2.82. The van der Waals surface area contributed by atoms with Crippen molar-refractivity contribution in [1.29, 1.82) is 0 Å². The van der Waals surface area contributed by atoms with Gasteiger partial charge in [-0.05, 0) is 32.4 Å². The molecule has 0 spiro atoms. The van der Waals surface area contributed by atoms with Crippen LogP contribution in [0.1, 0.15) is 25.7 Å². The summed E-state index contributed by atoms with van der Waals surface area (Å²) in [5.74, 6) is -0.143. The lowest BCUT2D eigenvalue weighted by Crippen LogP contribution is -2.43. The first-order valence-electron chi connectivity index (χ1n) is 6.65. The van der Waals surface area contributed by atoms with Gasteiger partial charge in [-0.1, -0.05) is 0 Å². The van der Waals surface area contributed by atoms with E-state index in [0.717, 1.165) is 25.9 Å². The Morgan fingerprint density at radius 1 is 1.33 bits per heavy atom. The van der Waals surface area contributed by atoms with E-state index in [4.69, 9.17) is 4.74 Å². The molecule has 1 atom stereocenters. The molecule has 0 aromatic rings. The van der Waals surface area contributed by atoms with Gasteiger partial charge in [0.1, 0.15) is 6.04 Å². The molecule has 2 rings (SSSR count). The second-order valence-electron chi connectivity index (χ2n) is 4.77. The van der Waals surface area contributed by atoms with Crippen molar-refractivity contribution in [2.24, 2.45) is 0 Å². The topological polar surface area (TPSA) is 79.5 Å². The molecule has 0 aliphatic carbocycles. The molecule has 2 amide bonds. The van der Waals surface area contributed by atoms with Gasteiger partial charge in [0.2, 0.25) is 11.8 Å². The van der Waals surface area contributed by atoms with Gasteiger partial charge in [-0.15, -0.1) is 0 Å². The molecule has 0 unspecified atom stereocenters. The number of carbonyl (C=O) groups excluding carboxylic acids is 2. The van der Waals surface area contributed by atoms with Crippen molar-refractivity contribution in [3.8, 4) is 0 Å². The fourth-order valence-electron chi connectivity index (χ4n) is 2.30. The lowest BCUT2D eigenvalue weighted by Gasteiger charge is -2.23. The third-order valence-electron chi connectivity index (χ3n) is 3.35. The van der Waals surface area contributed by atoms with Crippen LogP contribution in [-0.2, 0) is 14.3 Å². The molecule has 2 aliphatic rings. The maximum Gasteiger partial charge on any atom is 0.242 e. The SMILES string of the molecule is O=C1CC[C@@H](C(=O)NCCOC2CCNCC2)N1. The molecular weight excluding hydrogens is 234 g/mol. The highest BCUT2D eigenvalue weighted by Gasteiger charge is 2.26. The first-order valence-corrected chi connectivity index (χ1v) is 6.65. The molecule has 0 radical (unpaired) electrons. The van der Waals surface area contributed by atoms with E-state index in [9.17, 15) is 9.59 Å². The zero-order chi connectivity index (χ0) is 12.8. The summed E-state index contributed by atoms with van der Waals surface area (Å²) < 4.78 is 5.68. The molecular formula is C12H21N3O3. The van der Waals surface area contributed by atoms with E-state index in [1.165, 1.54) is 0 Å². The first kappa shape index (κ1) is 13.3. The second kappa shape index (κ2) is 6.70. The van der Waals surface area contributed by atoms with E-state index in [0.29, 0.717) is 32.1 Å². The van der Waals surface area contributed by atoms with Crippen LogP contribution in [0.2, 0.25) is 0 Å². The van der Waals surface area contributed by atoms with Crippen LogP contribution in [0, 0.1) is 0 Å². The summed E-state index contributed by atoms with van der Waals surface area (Å²) in [5.41, 5.74) is 0. The Morgan fingerprint density at radius 2 is 2.11 bits per heavy atom. The normalized spacial score (nSPS) is 24.9. The fourth-order valence-corrected chi connectivity index (χ4v) is 2.30. The van der Waals surface area contributed by atoms with Crippen molar-refractivity contribution in [3.05, 3.63) is 0 Å². The van der Waals surface area contributed by atoms with Crippen LogP contribution in [0.15, 0.2) is 0 Å². The van der Waals surface area contributed by atoms with Crippen LogP contribution in [0.4, 0.5) is 0 Å². The molecule has 0 aromatic carbocycles. The van der Waals surface area contributed by atoms with Crippen molar-refractivity contribution < 1.29 is 14.3 Å². The fraction of sp³-hybridized carbons (Fsp3) is 0.833. The number of amides is 2. The third kappa shape index (κ3) is 3.96. The standard InChI is InChI=1S/C12H21N3O3/c16-11-2-1-10(15-11)12(17)14-7-8-18-9-3-5-13-6-4-9/h9-10,13H,1-8H2,(H,14,17)(H,15,16)/t10-/m0/s1. The molecule has 0 aromatic heterocycles. The monoisotopic (exact) mass is 255 g/mol. The maximum absolute atomic E-state index is 11.7. The number of hydrogen-bond donors (Lipinski definition) is 3. The molecule has 6 heteroatoms. The number of piperidine rings is 1. The summed E-state index contributed by atoms with van der Waals surface area (Å²) >= 11 is 0. The van der Waals surface area contributed by atoms with E-state index in [1.54, 1.807) is 0 Å². The molecule has 2 aliphatic heterocycles. The Kier molecular flexibility index (Phi) is 4.95. The highest BCUT2D eigenvalue weighted by molar-refractivity contribution is 5.90. The van der Waals surface area contributed by atoms with Gasteiger partial charge < -0.3 is 20.7 Å². The van der Waals surface area contributed by atoms with Gasteiger partial charge in [-0.25, -0.2) is 0 Å². The van der Waals surface area contributed by atoms with E-state index in [2.05, 4.69) is 16.0 Å². The van der Waals surface area contributed by atoms with Crippen LogP contribution >= 0.6 is 0 Å². The highest BCUT2D eigenvalue weighted by Crippen LogP contribution is 2.07. The molecule has 2 heterocycles. The van der Waals surface area contributed by atoms with Crippen molar-refractivity contribution in [2.45, 2.75) is 37.8 Å². The van der Waals surface area contributed by atoms with Crippen molar-refractivity contribution in [1.82, 2.24) is 16.0 Å². The quantitative estimate of drug-likeness (QED) is 0.559. The first-order chi connectivity index (χ1) is 8.75. The smallest absolute Gasteiger partial charge is 0.242 e. The minimum absolute atomic E-state index is 0.0406. The molecule has 18 heavy (non-hydrogen) atoms. The van der Waals surface area contributed by atoms with Gasteiger partial charge in [-0.2, -0.15) is 0 Å². The van der Waals surface area contributed by atoms with Crippen molar-refractivity contribution in [2.75, 3.05) is 26.2 Å². The number of carbonyl (C=O) groups is 2. The summed E-state index contributed by atoms with van der Waals surface area (Å²) in [4.78, 5) is 22.6. The summed E-state index contributed by atoms with van der Waals surface area (Å²) in [5, 5.41) is 8.71. The average molecular weight is 255 g/mol. The Morgan fingerprint density at radius 3 is 2.78 bits per heavy atom. The van der Waals surface area contributed by atoms with Crippen LogP contribution in [0.5, 0.6) is 0 Å². The van der Waals surface area contributed by atoms with Crippen LogP contribution in [-0.4, -0.2) is 50.2 Å². The number of ether oxygens (including phenoxy) is 1. The van der Waals surface area contributed by atoms with Gasteiger partial charge in [0.05, 0.1) is 12.7 Å². The predicted molar refractivity (Wildman–Crippen MR) is 66.0 cm³/mol. The molecule has 2 fully saturated rings. The lowest BCUT2D eigenvalue weighted by atomic mass is 10.1. The summed E-state index contributed by atoms with van der Waals surface area (Å²) in [6.45, 7) is 3.06. The molecule has 2 saturated heterocycles. The van der Waals surface area contributed by atoms with Gasteiger partial charge >= 0.3 is 0 Å². The summed E-state index contributed by atoms with van der Waals surface area (Å²) in [7, 11) is 0. The highest BCUT2D eigenvalue weighted by atomic mass is 16.5. The summed E-state index contributed by atoms with van der Waals surface area (Å²) in [6, 6.07) is -0.351. The number of nitrogens with one attached hydrogen (secondary N) is 3. The zero-order valence-corrected chi connectivity index (χ0v) is 10.5. The largest absolute Gasteiger partial charge is 0.376 e. The van der Waals surface area contributed by atoms with E-state index >= 15 is 0 Å². The van der Waals surface area contributed by atoms with Crippen LogP contribution in [0.3, 0.4) is 0 Å². The van der Waals surface area contributed by atoms with E-state index < -0.39 is 0 Å². The Labute approximate surface area is 107 Å². The second-order valence-corrected chi connectivity index (χ2v) is 4.77. The van der Waals surface area contributed by atoms with Crippen molar-refractivity contribution in [3.63, 3.8) is 0 Å². The lowest BCUT2D eigenvalue weighted by molar-refractivity contribution is -0.126. The molecule has 6 nitrogen and oxygen atoms in total. The van der Waals surface area contributed by atoms with Gasteiger partial charge in [0, 0.05) is 13.0 Å². The van der Waals surface area contributed by atoms with Crippen molar-refractivity contribution >= 4 is 11.8 Å².